The minimum atomic E-state index is -0.909. The van der Waals surface area contributed by atoms with Crippen LogP contribution in [-0.4, -0.2) is 30.7 Å². The highest BCUT2D eigenvalue weighted by Gasteiger charge is 2.43. The van der Waals surface area contributed by atoms with Crippen molar-refractivity contribution in [1.82, 2.24) is 4.57 Å². The summed E-state index contributed by atoms with van der Waals surface area (Å²) >= 11 is 0. The second-order valence-electron chi connectivity index (χ2n) is 7.90. The van der Waals surface area contributed by atoms with E-state index in [0.29, 0.717) is 11.3 Å². The van der Waals surface area contributed by atoms with Crippen LogP contribution in [0.25, 0.3) is 5.69 Å². The van der Waals surface area contributed by atoms with E-state index in [4.69, 9.17) is 15.2 Å². The molecule has 8 nitrogen and oxygen atoms in total. The zero-order chi connectivity index (χ0) is 25.1. The van der Waals surface area contributed by atoms with Crippen molar-refractivity contribution < 1.29 is 19.1 Å². The van der Waals surface area contributed by atoms with Crippen molar-refractivity contribution in [2.75, 3.05) is 19.1 Å². The third-order valence-electron chi connectivity index (χ3n) is 5.94. The van der Waals surface area contributed by atoms with Gasteiger partial charge in [0.25, 0.3) is 0 Å². The van der Waals surface area contributed by atoms with E-state index in [0.717, 1.165) is 11.3 Å². The van der Waals surface area contributed by atoms with Crippen LogP contribution in [0.2, 0.25) is 0 Å². The summed E-state index contributed by atoms with van der Waals surface area (Å²) in [6.45, 7) is 1.96. The lowest BCUT2D eigenvalue weighted by Gasteiger charge is -2.36. The van der Waals surface area contributed by atoms with Crippen LogP contribution in [0.3, 0.4) is 0 Å². The predicted octanol–water partition coefficient (Wildman–Crippen LogP) is 3.68. The molecule has 4 rings (SSSR count). The topological polar surface area (TPSA) is 111 Å². The Morgan fingerprint density at radius 3 is 2.23 bits per heavy atom. The number of benzene rings is 2. The average Bonchev–Trinajstić information content (AvgIpc) is 3.42. The van der Waals surface area contributed by atoms with Gasteiger partial charge in [-0.05, 0) is 42.3 Å². The Balaban J connectivity index is 2.04. The van der Waals surface area contributed by atoms with Crippen LogP contribution in [0.1, 0.15) is 17.0 Å². The highest BCUT2D eigenvalue weighted by Crippen LogP contribution is 2.43. The van der Waals surface area contributed by atoms with Crippen LogP contribution < -0.4 is 10.6 Å². The molecule has 0 bridgehead atoms. The normalized spacial score (nSPS) is 15.6. The van der Waals surface area contributed by atoms with Crippen molar-refractivity contribution >= 4 is 17.6 Å². The molecule has 1 atom stereocenters. The number of nitrogens with two attached hydrogens (primary N) is 1. The van der Waals surface area contributed by atoms with Gasteiger partial charge in [-0.2, -0.15) is 5.26 Å². The fourth-order valence-corrected chi connectivity index (χ4v) is 4.29. The number of carbonyl (C=O) groups is 2. The molecule has 0 aliphatic carbocycles. The average molecular weight is 469 g/mol. The Morgan fingerprint density at radius 2 is 1.63 bits per heavy atom. The number of aryl methyl sites for hydroxylation is 1. The lowest BCUT2D eigenvalue weighted by molar-refractivity contribution is -0.139. The monoisotopic (exact) mass is 468 g/mol. The summed E-state index contributed by atoms with van der Waals surface area (Å²) in [5, 5.41) is 10.2. The molecule has 0 saturated heterocycles. The number of anilines is 1. The quantitative estimate of drug-likeness (QED) is 0.569. The summed E-state index contributed by atoms with van der Waals surface area (Å²) < 4.78 is 12.1. The Morgan fingerprint density at radius 1 is 0.971 bits per heavy atom. The van der Waals surface area contributed by atoms with Crippen molar-refractivity contribution in [3.63, 3.8) is 0 Å². The molecule has 0 spiro atoms. The van der Waals surface area contributed by atoms with Gasteiger partial charge < -0.3 is 19.8 Å². The number of methoxy groups -OCH3 is 2. The fourth-order valence-electron chi connectivity index (χ4n) is 4.29. The maximum atomic E-state index is 13.2. The van der Waals surface area contributed by atoms with E-state index in [-0.39, 0.29) is 22.7 Å². The first-order valence-electron chi connectivity index (χ1n) is 10.8. The van der Waals surface area contributed by atoms with Crippen molar-refractivity contribution in [3.05, 3.63) is 107 Å². The zero-order valence-electron chi connectivity index (χ0n) is 19.6. The lowest BCUT2D eigenvalue weighted by atomic mass is 9.81. The van der Waals surface area contributed by atoms with Gasteiger partial charge in [-0.15, -0.1) is 0 Å². The summed E-state index contributed by atoms with van der Waals surface area (Å²) in [5.41, 5.74) is 9.47. The van der Waals surface area contributed by atoms with Gasteiger partial charge in [-0.25, -0.2) is 9.59 Å². The maximum Gasteiger partial charge on any atom is 0.355 e. The van der Waals surface area contributed by atoms with E-state index in [1.54, 1.807) is 30.3 Å². The Hall–Kier alpha value is -4.77. The number of aromatic nitrogens is 1. The number of ether oxygens (including phenoxy) is 2. The van der Waals surface area contributed by atoms with Crippen molar-refractivity contribution in [3.8, 4) is 11.8 Å². The molecule has 1 aliphatic rings. The summed E-state index contributed by atoms with van der Waals surface area (Å²) in [5.74, 6) is -2.43. The number of hydrogen-bond acceptors (Lipinski definition) is 7. The largest absolute Gasteiger partial charge is 0.466 e. The lowest BCUT2D eigenvalue weighted by Crippen LogP contribution is -2.40. The van der Waals surface area contributed by atoms with E-state index in [1.165, 1.54) is 19.1 Å². The molecule has 0 amide bonds. The SMILES string of the molecule is COC(=O)C1=C(C(=O)OC)N(c2ccc(C)c(-n3cccc3)c2)C(N)=C(C#N)C1c1ccccc1. The Kier molecular flexibility index (Phi) is 6.42. The molecule has 0 fully saturated rings. The van der Waals surface area contributed by atoms with Crippen LogP contribution >= 0.6 is 0 Å². The number of rotatable bonds is 5. The van der Waals surface area contributed by atoms with E-state index in [1.807, 2.05) is 54.2 Å². The molecule has 0 saturated carbocycles. The first kappa shape index (κ1) is 23.4. The minimum Gasteiger partial charge on any atom is -0.466 e. The molecule has 2 aromatic carbocycles. The van der Waals surface area contributed by atoms with Crippen LogP contribution in [-0.2, 0) is 19.1 Å². The summed E-state index contributed by atoms with van der Waals surface area (Å²) in [7, 11) is 2.44. The maximum absolute atomic E-state index is 13.2. The number of nitrogens with zero attached hydrogens (tertiary/aromatic N) is 3. The highest BCUT2D eigenvalue weighted by molar-refractivity contribution is 6.06. The molecule has 2 heterocycles. The van der Waals surface area contributed by atoms with Gasteiger partial charge in [0.2, 0.25) is 0 Å². The van der Waals surface area contributed by atoms with Crippen LogP contribution in [0.15, 0.2) is 95.7 Å². The fraction of sp³-hybridized carbons (Fsp3) is 0.148. The highest BCUT2D eigenvalue weighted by atomic mass is 16.5. The molecular formula is C27H24N4O4. The van der Waals surface area contributed by atoms with Gasteiger partial charge in [0.1, 0.15) is 11.5 Å². The zero-order valence-corrected chi connectivity index (χ0v) is 19.6. The molecule has 8 heteroatoms. The first-order chi connectivity index (χ1) is 16.9. The van der Waals surface area contributed by atoms with Crippen molar-refractivity contribution in [1.29, 1.82) is 5.26 Å². The molecule has 1 aliphatic heterocycles. The first-order valence-corrected chi connectivity index (χ1v) is 10.8. The number of hydrogen-bond donors (Lipinski definition) is 1. The third kappa shape index (κ3) is 4.04. The third-order valence-corrected chi connectivity index (χ3v) is 5.94. The van der Waals surface area contributed by atoms with Crippen LogP contribution in [0.5, 0.6) is 0 Å². The van der Waals surface area contributed by atoms with Gasteiger partial charge in [0, 0.05) is 23.8 Å². The number of nitriles is 1. The Bertz CT molecular complexity index is 1380. The standard InChI is InChI=1S/C27H24N4O4/c1-17-11-12-19(15-21(17)30-13-7-8-14-30)31-24(27(33)35-3)23(26(32)34-2)22(20(16-28)25(31)29)18-9-5-4-6-10-18/h4-15,22H,29H2,1-3H3. The molecule has 176 valence electrons. The predicted molar refractivity (Wildman–Crippen MR) is 130 cm³/mol. The number of allylic oxidation sites excluding steroid dienone is 1. The van der Waals surface area contributed by atoms with Gasteiger partial charge in [-0.1, -0.05) is 36.4 Å². The number of esters is 2. The minimum absolute atomic E-state index is 0.0247. The number of carbonyl (C=O) groups excluding carboxylic acids is 2. The molecule has 35 heavy (non-hydrogen) atoms. The summed E-state index contributed by atoms with van der Waals surface area (Å²) in [6.07, 6.45) is 3.79. The second kappa shape index (κ2) is 9.61. The van der Waals surface area contributed by atoms with Gasteiger partial charge >= 0.3 is 11.9 Å². The molecule has 2 N–H and O–H groups in total. The van der Waals surface area contributed by atoms with E-state index < -0.39 is 17.9 Å². The Labute approximate surface area is 203 Å². The van der Waals surface area contributed by atoms with E-state index >= 15 is 0 Å². The second-order valence-corrected chi connectivity index (χ2v) is 7.90. The smallest absolute Gasteiger partial charge is 0.355 e. The molecule has 0 radical (unpaired) electrons. The molecule has 1 unspecified atom stereocenters. The summed E-state index contributed by atoms with van der Waals surface area (Å²) in [6, 6.07) is 20.3. The van der Waals surface area contributed by atoms with Crippen molar-refractivity contribution in [2.45, 2.75) is 12.8 Å². The van der Waals surface area contributed by atoms with Crippen LogP contribution in [0.4, 0.5) is 5.69 Å². The van der Waals surface area contributed by atoms with Gasteiger partial charge in [0.05, 0.1) is 37.4 Å². The molecule has 3 aromatic rings. The van der Waals surface area contributed by atoms with E-state index in [2.05, 4.69) is 6.07 Å². The van der Waals surface area contributed by atoms with Crippen LogP contribution in [0, 0.1) is 18.3 Å². The van der Waals surface area contributed by atoms with E-state index in [9.17, 15) is 14.9 Å². The van der Waals surface area contributed by atoms with Gasteiger partial charge in [0.15, 0.2) is 0 Å². The van der Waals surface area contributed by atoms with Gasteiger partial charge in [-0.3, -0.25) is 4.90 Å². The molecular weight excluding hydrogens is 444 g/mol. The van der Waals surface area contributed by atoms with Crippen molar-refractivity contribution in [2.24, 2.45) is 5.73 Å². The summed E-state index contributed by atoms with van der Waals surface area (Å²) in [4.78, 5) is 27.7. The molecule has 1 aromatic heterocycles.